The van der Waals surface area contributed by atoms with Gasteiger partial charge in [-0.05, 0) is 25.7 Å². The van der Waals surface area contributed by atoms with E-state index in [1.165, 1.54) is 12.8 Å². The molecule has 0 spiro atoms. The Balaban J connectivity index is 2.30. The predicted octanol–water partition coefficient (Wildman–Crippen LogP) is 1.95. The third-order valence-corrected chi connectivity index (χ3v) is 4.70. The molecule has 1 heterocycles. The van der Waals surface area contributed by atoms with E-state index in [1.54, 1.807) is 4.90 Å². The van der Waals surface area contributed by atoms with Gasteiger partial charge in [-0.1, -0.05) is 26.7 Å². The fourth-order valence-corrected chi connectivity index (χ4v) is 3.09. The molecular formula is C16H33N3O. The van der Waals surface area contributed by atoms with Crippen molar-refractivity contribution in [3.05, 3.63) is 0 Å². The first-order valence-corrected chi connectivity index (χ1v) is 8.16. The molecule has 1 fully saturated rings. The van der Waals surface area contributed by atoms with E-state index >= 15 is 0 Å². The molecule has 0 aliphatic carbocycles. The first-order valence-electron chi connectivity index (χ1n) is 8.16. The SMILES string of the molecule is CCC(CC)C(C)NC1CCN(CC(=O)N(C)C)CC1. The van der Waals surface area contributed by atoms with E-state index in [4.69, 9.17) is 0 Å². The molecule has 1 aliphatic heterocycles. The zero-order valence-electron chi connectivity index (χ0n) is 14.0. The molecule has 1 unspecified atom stereocenters. The summed E-state index contributed by atoms with van der Waals surface area (Å²) in [5.41, 5.74) is 0. The molecule has 1 saturated heterocycles. The Bertz CT molecular complexity index is 281. The molecule has 0 aromatic rings. The van der Waals surface area contributed by atoms with Gasteiger partial charge in [0.25, 0.3) is 0 Å². The molecule has 0 saturated carbocycles. The molecule has 0 radical (unpaired) electrons. The number of carbonyl (C=O) groups excluding carboxylic acids is 1. The van der Waals surface area contributed by atoms with Gasteiger partial charge in [0.05, 0.1) is 6.54 Å². The van der Waals surface area contributed by atoms with Crippen LogP contribution in [0.15, 0.2) is 0 Å². The molecule has 1 N–H and O–H groups in total. The fourth-order valence-electron chi connectivity index (χ4n) is 3.09. The van der Waals surface area contributed by atoms with E-state index in [0.717, 1.165) is 31.8 Å². The molecule has 1 aliphatic rings. The van der Waals surface area contributed by atoms with Crippen molar-refractivity contribution >= 4 is 5.91 Å². The molecule has 1 amide bonds. The van der Waals surface area contributed by atoms with Gasteiger partial charge >= 0.3 is 0 Å². The number of nitrogens with one attached hydrogen (secondary N) is 1. The van der Waals surface area contributed by atoms with Gasteiger partial charge in [0.1, 0.15) is 0 Å². The number of rotatable bonds is 7. The smallest absolute Gasteiger partial charge is 0.236 e. The summed E-state index contributed by atoms with van der Waals surface area (Å²) in [4.78, 5) is 15.7. The lowest BCUT2D eigenvalue weighted by atomic mass is 9.93. The lowest BCUT2D eigenvalue weighted by Gasteiger charge is -2.35. The molecule has 4 nitrogen and oxygen atoms in total. The highest BCUT2D eigenvalue weighted by Crippen LogP contribution is 2.16. The van der Waals surface area contributed by atoms with Crippen molar-refractivity contribution in [3.8, 4) is 0 Å². The van der Waals surface area contributed by atoms with Gasteiger partial charge in [0.2, 0.25) is 5.91 Å². The van der Waals surface area contributed by atoms with Crippen LogP contribution in [0.25, 0.3) is 0 Å². The molecule has 1 atom stereocenters. The summed E-state index contributed by atoms with van der Waals surface area (Å²) in [5.74, 6) is 0.991. The first-order chi connectivity index (χ1) is 9.47. The van der Waals surface area contributed by atoms with Crippen LogP contribution in [-0.2, 0) is 4.79 Å². The summed E-state index contributed by atoms with van der Waals surface area (Å²) in [6, 6.07) is 1.22. The van der Waals surface area contributed by atoms with Gasteiger partial charge in [-0.3, -0.25) is 9.69 Å². The molecular weight excluding hydrogens is 250 g/mol. The van der Waals surface area contributed by atoms with Gasteiger partial charge in [0, 0.05) is 39.3 Å². The number of hydrogen-bond acceptors (Lipinski definition) is 3. The van der Waals surface area contributed by atoms with E-state index < -0.39 is 0 Å². The third-order valence-electron chi connectivity index (χ3n) is 4.70. The molecule has 0 aromatic carbocycles. The maximum Gasteiger partial charge on any atom is 0.236 e. The Morgan fingerprint density at radius 3 is 2.25 bits per heavy atom. The molecule has 0 bridgehead atoms. The second-order valence-corrected chi connectivity index (χ2v) is 6.37. The Kier molecular flexibility index (Phi) is 7.52. The van der Waals surface area contributed by atoms with E-state index in [9.17, 15) is 4.79 Å². The maximum atomic E-state index is 11.7. The van der Waals surface area contributed by atoms with E-state index in [-0.39, 0.29) is 5.91 Å². The molecule has 0 aromatic heterocycles. The van der Waals surface area contributed by atoms with Gasteiger partial charge < -0.3 is 10.2 Å². The fraction of sp³-hybridized carbons (Fsp3) is 0.938. The monoisotopic (exact) mass is 283 g/mol. The van der Waals surface area contributed by atoms with Crippen LogP contribution in [0, 0.1) is 5.92 Å². The van der Waals surface area contributed by atoms with Crippen LogP contribution in [0.4, 0.5) is 0 Å². The highest BCUT2D eigenvalue weighted by molar-refractivity contribution is 5.77. The van der Waals surface area contributed by atoms with E-state index in [2.05, 4.69) is 31.0 Å². The summed E-state index contributed by atoms with van der Waals surface area (Å²) in [5, 5.41) is 3.80. The summed E-state index contributed by atoms with van der Waals surface area (Å²) in [7, 11) is 3.65. The second-order valence-electron chi connectivity index (χ2n) is 6.37. The van der Waals surface area contributed by atoms with Gasteiger partial charge in [-0.2, -0.15) is 0 Å². The van der Waals surface area contributed by atoms with Gasteiger partial charge in [-0.15, -0.1) is 0 Å². The number of hydrogen-bond donors (Lipinski definition) is 1. The van der Waals surface area contributed by atoms with Crippen molar-refractivity contribution < 1.29 is 4.79 Å². The number of nitrogens with zero attached hydrogens (tertiary/aromatic N) is 2. The number of likely N-dealkylation sites (N-methyl/N-ethyl adjacent to an activating group) is 1. The summed E-state index contributed by atoms with van der Waals surface area (Å²) in [6.45, 7) is 9.52. The minimum absolute atomic E-state index is 0.210. The van der Waals surface area contributed by atoms with Crippen LogP contribution in [0.1, 0.15) is 46.5 Å². The van der Waals surface area contributed by atoms with Crippen molar-refractivity contribution in [3.63, 3.8) is 0 Å². The van der Waals surface area contributed by atoms with Crippen LogP contribution in [0.5, 0.6) is 0 Å². The average molecular weight is 283 g/mol. The van der Waals surface area contributed by atoms with Crippen molar-refractivity contribution in [2.24, 2.45) is 5.92 Å². The maximum absolute atomic E-state index is 11.7. The minimum atomic E-state index is 0.210. The largest absolute Gasteiger partial charge is 0.348 e. The van der Waals surface area contributed by atoms with Crippen molar-refractivity contribution in [2.45, 2.75) is 58.5 Å². The normalized spacial score (nSPS) is 19.3. The quantitative estimate of drug-likeness (QED) is 0.776. The topological polar surface area (TPSA) is 35.6 Å². The molecule has 118 valence electrons. The number of piperidine rings is 1. The van der Waals surface area contributed by atoms with Gasteiger partial charge in [0.15, 0.2) is 0 Å². The second kappa shape index (κ2) is 8.63. The van der Waals surface area contributed by atoms with Crippen molar-refractivity contribution in [1.82, 2.24) is 15.1 Å². The average Bonchev–Trinajstić information content (AvgIpc) is 2.42. The zero-order chi connectivity index (χ0) is 15.1. The first kappa shape index (κ1) is 17.4. The summed E-state index contributed by atoms with van der Waals surface area (Å²) in [6.07, 6.45) is 4.82. The Labute approximate surface area is 124 Å². The highest BCUT2D eigenvalue weighted by atomic mass is 16.2. The van der Waals surface area contributed by atoms with Crippen LogP contribution in [0.2, 0.25) is 0 Å². The lowest BCUT2D eigenvalue weighted by molar-refractivity contribution is -0.130. The van der Waals surface area contributed by atoms with E-state index in [1.807, 2.05) is 14.1 Å². The number of likely N-dealkylation sites (tertiary alicyclic amines) is 1. The summed E-state index contributed by atoms with van der Waals surface area (Å²) < 4.78 is 0. The minimum Gasteiger partial charge on any atom is -0.348 e. The predicted molar refractivity (Wildman–Crippen MR) is 84.8 cm³/mol. The molecule has 1 rings (SSSR count). The number of amides is 1. The lowest BCUT2D eigenvalue weighted by Crippen LogP contribution is -2.49. The highest BCUT2D eigenvalue weighted by Gasteiger charge is 2.23. The van der Waals surface area contributed by atoms with Crippen LogP contribution in [0.3, 0.4) is 0 Å². The number of carbonyl (C=O) groups is 1. The Morgan fingerprint density at radius 2 is 1.80 bits per heavy atom. The zero-order valence-corrected chi connectivity index (χ0v) is 14.0. The van der Waals surface area contributed by atoms with Crippen molar-refractivity contribution in [2.75, 3.05) is 33.7 Å². The van der Waals surface area contributed by atoms with Crippen LogP contribution < -0.4 is 5.32 Å². The Hall–Kier alpha value is -0.610. The summed E-state index contributed by atoms with van der Waals surface area (Å²) >= 11 is 0. The molecule has 20 heavy (non-hydrogen) atoms. The third kappa shape index (κ3) is 5.41. The Morgan fingerprint density at radius 1 is 1.25 bits per heavy atom. The van der Waals surface area contributed by atoms with Crippen LogP contribution >= 0.6 is 0 Å². The van der Waals surface area contributed by atoms with Crippen molar-refractivity contribution in [1.29, 1.82) is 0 Å². The molecule has 4 heteroatoms. The van der Waals surface area contributed by atoms with E-state index in [0.29, 0.717) is 18.6 Å². The van der Waals surface area contributed by atoms with Crippen LogP contribution in [-0.4, -0.2) is 61.5 Å². The van der Waals surface area contributed by atoms with Gasteiger partial charge in [-0.25, -0.2) is 0 Å². The standard InChI is InChI=1S/C16H33N3O/c1-6-14(7-2)13(3)17-15-8-10-19(11-9-15)12-16(20)18(4)5/h13-15,17H,6-12H2,1-5H3.